The van der Waals surface area contributed by atoms with Crippen molar-refractivity contribution < 1.29 is 0 Å². The van der Waals surface area contributed by atoms with E-state index in [9.17, 15) is 0 Å². The highest BCUT2D eigenvalue weighted by Crippen LogP contribution is 2.31. The molecule has 0 aliphatic carbocycles. The van der Waals surface area contributed by atoms with E-state index in [1.807, 2.05) is 12.1 Å². The van der Waals surface area contributed by atoms with Crippen molar-refractivity contribution in [2.24, 2.45) is 5.73 Å². The van der Waals surface area contributed by atoms with Gasteiger partial charge in [-0.3, -0.25) is 0 Å². The third-order valence-electron chi connectivity index (χ3n) is 3.43. The zero-order valence-electron chi connectivity index (χ0n) is 12.0. The lowest BCUT2D eigenvalue weighted by Crippen LogP contribution is -2.24. The van der Waals surface area contributed by atoms with E-state index in [0.717, 1.165) is 30.1 Å². The third-order valence-corrected chi connectivity index (χ3v) is 4.60. The molecule has 0 aliphatic rings. The average molecular weight is 309 g/mol. The van der Waals surface area contributed by atoms with Gasteiger partial charge in [0.1, 0.15) is 0 Å². The van der Waals surface area contributed by atoms with E-state index in [0.29, 0.717) is 0 Å². The summed E-state index contributed by atoms with van der Waals surface area (Å²) in [6.07, 6.45) is 1.84. The van der Waals surface area contributed by atoms with Crippen LogP contribution in [0.3, 0.4) is 0 Å². The first-order chi connectivity index (χ1) is 9.61. The van der Waals surface area contributed by atoms with Crippen LogP contribution in [0.25, 0.3) is 0 Å². The number of para-hydroxylation sites is 1. The van der Waals surface area contributed by atoms with Gasteiger partial charge in [-0.15, -0.1) is 11.3 Å². The first-order valence-electron chi connectivity index (χ1n) is 6.88. The third kappa shape index (κ3) is 3.75. The van der Waals surface area contributed by atoms with Gasteiger partial charge < -0.3 is 10.6 Å². The van der Waals surface area contributed by atoms with Gasteiger partial charge in [0, 0.05) is 18.0 Å². The zero-order valence-corrected chi connectivity index (χ0v) is 13.5. The Labute approximate surface area is 130 Å². The molecule has 2 N–H and O–H groups in total. The Morgan fingerprint density at radius 1 is 1.30 bits per heavy atom. The Morgan fingerprint density at radius 2 is 2.10 bits per heavy atom. The van der Waals surface area contributed by atoms with E-state index in [1.165, 1.54) is 10.4 Å². The first kappa shape index (κ1) is 15.4. The molecule has 108 valence electrons. The maximum atomic E-state index is 6.41. The quantitative estimate of drug-likeness (QED) is 0.861. The molecule has 2 nitrogen and oxygen atoms in total. The fourth-order valence-corrected chi connectivity index (χ4v) is 3.39. The van der Waals surface area contributed by atoms with Gasteiger partial charge in [0.05, 0.1) is 17.3 Å². The van der Waals surface area contributed by atoms with Gasteiger partial charge in [0.15, 0.2) is 0 Å². The number of benzene rings is 1. The van der Waals surface area contributed by atoms with Crippen LogP contribution < -0.4 is 10.6 Å². The Morgan fingerprint density at radius 3 is 2.75 bits per heavy atom. The van der Waals surface area contributed by atoms with Crippen LogP contribution in [-0.4, -0.2) is 13.1 Å². The maximum Gasteiger partial charge on any atom is 0.0642 e. The molecule has 1 aromatic heterocycles. The molecule has 0 saturated carbocycles. The summed E-state index contributed by atoms with van der Waals surface area (Å²) in [6.45, 7) is 2.99. The number of nitrogens with zero attached hydrogens (tertiary/aromatic N) is 1. The SMILES string of the molecule is CCC(N)Cc1cccc(Cl)c1N(C)Cc1cccs1. The van der Waals surface area contributed by atoms with Crippen molar-refractivity contribution in [2.45, 2.75) is 32.4 Å². The van der Waals surface area contributed by atoms with E-state index < -0.39 is 0 Å². The predicted molar refractivity (Wildman–Crippen MR) is 89.8 cm³/mol. The molecule has 0 aliphatic heterocycles. The lowest BCUT2D eigenvalue weighted by molar-refractivity contribution is 0.645. The van der Waals surface area contributed by atoms with E-state index >= 15 is 0 Å². The Hall–Kier alpha value is -1.03. The Kier molecular flexibility index (Phi) is 5.46. The minimum Gasteiger partial charge on any atom is -0.368 e. The van der Waals surface area contributed by atoms with Crippen LogP contribution in [-0.2, 0) is 13.0 Å². The second kappa shape index (κ2) is 7.11. The molecule has 0 radical (unpaired) electrons. The van der Waals surface area contributed by atoms with Crippen molar-refractivity contribution in [3.8, 4) is 0 Å². The van der Waals surface area contributed by atoms with E-state index in [-0.39, 0.29) is 6.04 Å². The minimum absolute atomic E-state index is 0.183. The van der Waals surface area contributed by atoms with Gasteiger partial charge in [-0.2, -0.15) is 0 Å². The molecule has 0 bridgehead atoms. The monoisotopic (exact) mass is 308 g/mol. The normalized spacial score (nSPS) is 12.4. The standard InChI is InChI=1S/C16H21ClN2S/c1-3-13(18)10-12-6-4-8-15(17)16(12)19(2)11-14-7-5-9-20-14/h4-9,13H,3,10-11,18H2,1-2H3. The summed E-state index contributed by atoms with van der Waals surface area (Å²) in [6, 6.07) is 10.5. The van der Waals surface area contributed by atoms with Crippen LogP contribution in [0.4, 0.5) is 5.69 Å². The molecule has 2 aromatic rings. The number of nitrogens with two attached hydrogens (primary N) is 1. The van der Waals surface area contributed by atoms with Crippen molar-refractivity contribution in [2.75, 3.05) is 11.9 Å². The number of thiophene rings is 1. The van der Waals surface area contributed by atoms with Crippen molar-refractivity contribution in [1.82, 2.24) is 0 Å². The second-order valence-corrected chi connectivity index (χ2v) is 6.49. The van der Waals surface area contributed by atoms with Crippen LogP contribution in [0, 0.1) is 0 Å². The molecule has 20 heavy (non-hydrogen) atoms. The molecule has 1 unspecified atom stereocenters. The van der Waals surface area contributed by atoms with E-state index in [2.05, 4.69) is 42.5 Å². The van der Waals surface area contributed by atoms with Gasteiger partial charge in [-0.1, -0.05) is 36.7 Å². The Bertz CT molecular complexity index is 539. The predicted octanol–water partition coefficient (Wildman–Crippen LogP) is 4.32. The summed E-state index contributed by atoms with van der Waals surface area (Å²) in [4.78, 5) is 3.55. The van der Waals surface area contributed by atoms with Crippen LogP contribution >= 0.6 is 22.9 Å². The topological polar surface area (TPSA) is 29.3 Å². The summed E-state index contributed by atoms with van der Waals surface area (Å²) in [5.41, 5.74) is 8.43. The van der Waals surface area contributed by atoms with E-state index in [1.54, 1.807) is 11.3 Å². The molecule has 0 fully saturated rings. The molecule has 0 amide bonds. The maximum absolute atomic E-state index is 6.41. The van der Waals surface area contributed by atoms with Gasteiger partial charge in [-0.05, 0) is 35.9 Å². The van der Waals surface area contributed by atoms with Crippen LogP contribution in [0.1, 0.15) is 23.8 Å². The van der Waals surface area contributed by atoms with Gasteiger partial charge in [-0.25, -0.2) is 0 Å². The minimum atomic E-state index is 0.183. The summed E-state index contributed by atoms with van der Waals surface area (Å²) >= 11 is 8.18. The summed E-state index contributed by atoms with van der Waals surface area (Å²) in [5.74, 6) is 0. The number of halogens is 1. The lowest BCUT2D eigenvalue weighted by Gasteiger charge is -2.24. The van der Waals surface area contributed by atoms with E-state index in [4.69, 9.17) is 17.3 Å². The summed E-state index contributed by atoms with van der Waals surface area (Å²) in [5, 5.41) is 2.90. The van der Waals surface area contributed by atoms with Crippen LogP contribution in [0.2, 0.25) is 5.02 Å². The smallest absolute Gasteiger partial charge is 0.0642 e. The number of hydrogen-bond donors (Lipinski definition) is 1. The highest BCUT2D eigenvalue weighted by Gasteiger charge is 2.14. The van der Waals surface area contributed by atoms with Crippen LogP contribution in [0.15, 0.2) is 35.7 Å². The van der Waals surface area contributed by atoms with Crippen molar-refractivity contribution in [3.05, 3.63) is 51.2 Å². The molecule has 0 spiro atoms. The first-order valence-corrected chi connectivity index (χ1v) is 8.14. The van der Waals surface area contributed by atoms with Crippen molar-refractivity contribution in [3.63, 3.8) is 0 Å². The number of rotatable bonds is 6. The van der Waals surface area contributed by atoms with Gasteiger partial charge in [0.25, 0.3) is 0 Å². The lowest BCUT2D eigenvalue weighted by atomic mass is 10.0. The highest BCUT2D eigenvalue weighted by atomic mass is 35.5. The molecule has 4 heteroatoms. The fraction of sp³-hybridized carbons (Fsp3) is 0.375. The zero-order chi connectivity index (χ0) is 14.5. The summed E-state index contributed by atoms with van der Waals surface area (Å²) in [7, 11) is 2.09. The number of hydrogen-bond acceptors (Lipinski definition) is 3. The Balaban J connectivity index is 2.24. The van der Waals surface area contributed by atoms with Crippen molar-refractivity contribution >= 4 is 28.6 Å². The molecule has 1 atom stereocenters. The van der Waals surface area contributed by atoms with Gasteiger partial charge in [0.2, 0.25) is 0 Å². The second-order valence-electron chi connectivity index (χ2n) is 5.06. The number of anilines is 1. The van der Waals surface area contributed by atoms with Crippen LogP contribution in [0.5, 0.6) is 0 Å². The fourth-order valence-electron chi connectivity index (χ4n) is 2.29. The molecular weight excluding hydrogens is 288 g/mol. The summed E-state index contributed by atoms with van der Waals surface area (Å²) < 4.78 is 0. The average Bonchev–Trinajstić information content (AvgIpc) is 2.91. The molecular formula is C16H21ClN2S. The molecule has 2 rings (SSSR count). The molecule has 0 saturated heterocycles. The largest absolute Gasteiger partial charge is 0.368 e. The molecule has 1 aromatic carbocycles. The molecule has 1 heterocycles. The highest BCUT2D eigenvalue weighted by molar-refractivity contribution is 7.09. The van der Waals surface area contributed by atoms with Gasteiger partial charge >= 0.3 is 0 Å². The van der Waals surface area contributed by atoms with Crippen molar-refractivity contribution in [1.29, 1.82) is 0 Å².